The van der Waals surface area contributed by atoms with Crippen LogP contribution in [0.2, 0.25) is 0 Å². The Morgan fingerprint density at radius 3 is 1.98 bits per heavy atom. The van der Waals surface area contributed by atoms with Gasteiger partial charge in [-0.3, -0.25) is 4.79 Å². The normalized spacial score (nSPS) is 11.3. The number of carbonyl (C=O) groups is 2. The number of hydrogen-bond acceptors (Lipinski definition) is 5. The number of aliphatic carboxylic acids is 1. The Morgan fingerprint density at radius 1 is 0.698 bits per heavy atom. The van der Waals surface area contributed by atoms with E-state index in [1.807, 2.05) is 66.7 Å². The summed E-state index contributed by atoms with van der Waals surface area (Å²) in [5.74, 6) is -0.444. The van der Waals surface area contributed by atoms with E-state index in [2.05, 4.69) is 34.5 Å². The van der Waals surface area contributed by atoms with E-state index in [1.165, 1.54) is 5.56 Å². The molecule has 216 valence electrons. The number of benzene rings is 5. The minimum Gasteiger partial charge on any atom is -0.492 e. The summed E-state index contributed by atoms with van der Waals surface area (Å²) in [7, 11) is 0. The highest BCUT2D eigenvalue weighted by Crippen LogP contribution is 2.22. The smallest absolute Gasteiger partial charge is 0.326 e. The fraction of sp³-hybridized carbons (Fsp3) is 0.135. The van der Waals surface area contributed by atoms with Crippen LogP contribution in [0.1, 0.15) is 27.0 Å². The summed E-state index contributed by atoms with van der Waals surface area (Å²) in [6.07, 6.45) is 0.238. The van der Waals surface area contributed by atoms with Gasteiger partial charge in [0.15, 0.2) is 5.78 Å². The minimum atomic E-state index is -0.998. The highest BCUT2D eigenvalue weighted by atomic mass is 16.5. The van der Waals surface area contributed by atoms with Gasteiger partial charge in [-0.25, -0.2) is 4.79 Å². The minimum absolute atomic E-state index is 0.163. The van der Waals surface area contributed by atoms with Crippen LogP contribution in [0.3, 0.4) is 0 Å². The Labute approximate surface area is 252 Å². The third-order valence-corrected chi connectivity index (χ3v) is 7.17. The van der Waals surface area contributed by atoms with Crippen LogP contribution >= 0.6 is 0 Å². The van der Waals surface area contributed by atoms with Crippen molar-refractivity contribution in [2.24, 2.45) is 0 Å². The maximum Gasteiger partial charge on any atom is 0.326 e. The van der Waals surface area contributed by atoms with Crippen molar-refractivity contribution in [3.8, 4) is 5.75 Å². The van der Waals surface area contributed by atoms with E-state index in [0.29, 0.717) is 30.0 Å². The van der Waals surface area contributed by atoms with E-state index >= 15 is 0 Å². The zero-order chi connectivity index (χ0) is 29.9. The van der Waals surface area contributed by atoms with Crippen LogP contribution < -0.4 is 15.0 Å². The molecule has 2 N–H and O–H groups in total. The number of rotatable bonds is 14. The third kappa shape index (κ3) is 8.11. The Hall–Kier alpha value is -5.36. The number of hydrogen-bond donors (Lipinski definition) is 2. The number of carboxylic acid groups (broad SMARTS) is 1. The first-order valence-electron chi connectivity index (χ1n) is 14.3. The number of carbonyl (C=O) groups excluding carboxylic acids is 1. The molecule has 0 radical (unpaired) electrons. The van der Waals surface area contributed by atoms with Crippen molar-refractivity contribution in [3.05, 3.63) is 162 Å². The highest BCUT2D eigenvalue weighted by molar-refractivity contribution is 6.12. The van der Waals surface area contributed by atoms with Crippen LogP contribution in [0, 0.1) is 0 Å². The lowest BCUT2D eigenvalue weighted by molar-refractivity contribution is -0.137. The number of nitrogens with zero attached hydrogens (tertiary/aromatic N) is 1. The van der Waals surface area contributed by atoms with Crippen LogP contribution in [-0.4, -0.2) is 36.1 Å². The second kappa shape index (κ2) is 14.5. The zero-order valence-electron chi connectivity index (χ0n) is 23.8. The molecule has 0 fully saturated rings. The summed E-state index contributed by atoms with van der Waals surface area (Å²) in [6.45, 7) is 1.97. The molecule has 5 aromatic rings. The number of nitrogens with one attached hydrogen (secondary N) is 1. The molecule has 0 bridgehead atoms. The fourth-order valence-corrected chi connectivity index (χ4v) is 4.91. The van der Waals surface area contributed by atoms with Crippen molar-refractivity contribution in [1.29, 1.82) is 0 Å². The summed E-state index contributed by atoms with van der Waals surface area (Å²) >= 11 is 0. The van der Waals surface area contributed by atoms with Gasteiger partial charge >= 0.3 is 5.97 Å². The molecule has 0 aliphatic rings. The van der Waals surface area contributed by atoms with Crippen molar-refractivity contribution < 1.29 is 19.4 Å². The first-order chi connectivity index (χ1) is 21.1. The van der Waals surface area contributed by atoms with Gasteiger partial charge in [0.05, 0.1) is 6.54 Å². The highest BCUT2D eigenvalue weighted by Gasteiger charge is 2.21. The van der Waals surface area contributed by atoms with Crippen molar-refractivity contribution >= 4 is 23.1 Å². The van der Waals surface area contributed by atoms with Crippen LogP contribution in [0.25, 0.3) is 0 Å². The molecule has 6 nitrogen and oxygen atoms in total. The first-order valence-corrected chi connectivity index (χ1v) is 14.3. The summed E-state index contributed by atoms with van der Waals surface area (Å²) in [6, 6.07) is 43.2. The van der Waals surface area contributed by atoms with E-state index in [9.17, 15) is 14.7 Å². The summed E-state index contributed by atoms with van der Waals surface area (Å²) < 4.78 is 6.07. The third-order valence-electron chi connectivity index (χ3n) is 7.17. The van der Waals surface area contributed by atoms with E-state index < -0.39 is 12.0 Å². The molecule has 0 spiro atoms. The molecule has 0 amide bonds. The van der Waals surface area contributed by atoms with Crippen LogP contribution in [0.4, 0.5) is 11.4 Å². The predicted octanol–water partition coefficient (Wildman–Crippen LogP) is 7.11. The molecule has 0 aromatic heterocycles. The van der Waals surface area contributed by atoms with Gasteiger partial charge in [-0.2, -0.15) is 0 Å². The SMILES string of the molecule is O=C(c1ccccc1)c1ccccc1N[C@@H](Cc1ccc(OCCN(Cc2ccccc2)c2ccccc2)cc1)C(=O)O. The number of anilines is 2. The topological polar surface area (TPSA) is 78.9 Å². The van der Waals surface area contributed by atoms with Gasteiger partial charge < -0.3 is 20.1 Å². The number of carboxylic acids is 1. The fourth-order valence-electron chi connectivity index (χ4n) is 4.91. The molecule has 6 heteroatoms. The Morgan fingerprint density at radius 2 is 1.30 bits per heavy atom. The molecule has 5 rings (SSSR count). The second-order valence-electron chi connectivity index (χ2n) is 10.2. The van der Waals surface area contributed by atoms with Gasteiger partial charge in [-0.1, -0.05) is 103 Å². The average Bonchev–Trinajstić information content (AvgIpc) is 3.06. The van der Waals surface area contributed by atoms with E-state index in [-0.39, 0.29) is 12.2 Å². The van der Waals surface area contributed by atoms with Crippen molar-refractivity contribution in [1.82, 2.24) is 0 Å². The lowest BCUT2D eigenvalue weighted by atomic mass is 10.00. The number of para-hydroxylation sites is 2. The summed E-state index contributed by atoms with van der Waals surface area (Å²) in [4.78, 5) is 27.6. The van der Waals surface area contributed by atoms with Crippen molar-refractivity contribution in [2.45, 2.75) is 19.0 Å². The lowest BCUT2D eigenvalue weighted by Gasteiger charge is -2.25. The molecule has 0 heterocycles. The van der Waals surface area contributed by atoms with Crippen LogP contribution in [0.5, 0.6) is 5.75 Å². The molecule has 0 aliphatic heterocycles. The zero-order valence-corrected chi connectivity index (χ0v) is 23.8. The van der Waals surface area contributed by atoms with Gasteiger partial charge in [0.2, 0.25) is 0 Å². The average molecular weight is 571 g/mol. The molecule has 0 saturated carbocycles. The maximum absolute atomic E-state index is 13.1. The number of ketones is 1. The van der Waals surface area contributed by atoms with Crippen molar-refractivity contribution in [3.63, 3.8) is 0 Å². The van der Waals surface area contributed by atoms with Gasteiger partial charge in [0.25, 0.3) is 0 Å². The van der Waals surface area contributed by atoms with Gasteiger partial charge in [-0.15, -0.1) is 0 Å². The monoisotopic (exact) mass is 570 g/mol. The van der Waals surface area contributed by atoms with Crippen LogP contribution in [0.15, 0.2) is 140 Å². The quantitative estimate of drug-likeness (QED) is 0.139. The Bertz CT molecular complexity index is 1610. The molecular weight excluding hydrogens is 536 g/mol. The first kappa shape index (κ1) is 29.1. The van der Waals surface area contributed by atoms with Crippen LogP contribution in [-0.2, 0) is 17.8 Å². The van der Waals surface area contributed by atoms with Gasteiger partial charge in [0.1, 0.15) is 18.4 Å². The van der Waals surface area contributed by atoms with Gasteiger partial charge in [0, 0.05) is 35.5 Å². The lowest BCUT2D eigenvalue weighted by Crippen LogP contribution is -2.32. The molecule has 0 saturated heterocycles. The molecule has 43 heavy (non-hydrogen) atoms. The van der Waals surface area contributed by atoms with Gasteiger partial charge in [-0.05, 0) is 47.5 Å². The largest absolute Gasteiger partial charge is 0.492 e. The summed E-state index contributed by atoms with van der Waals surface area (Å²) in [5.41, 5.74) is 4.66. The molecule has 0 unspecified atom stereocenters. The van der Waals surface area contributed by atoms with E-state index in [4.69, 9.17) is 4.74 Å². The Kier molecular flexibility index (Phi) is 9.83. The predicted molar refractivity (Wildman–Crippen MR) is 171 cm³/mol. The number of ether oxygens (including phenoxy) is 1. The standard InChI is InChI=1S/C37H34N2O4/c40-36(30-14-6-2-7-15-30)33-18-10-11-19-34(33)38-35(37(41)42)26-28-20-22-32(23-21-28)43-25-24-39(31-16-8-3-9-17-31)27-29-12-4-1-5-13-29/h1-23,35,38H,24-27H2,(H,41,42)/t35-/m0/s1. The van der Waals surface area contributed by atoms with Crippen molar-refractivity contribution in [2.75, 3.05) is 23.4 Å². The molecule has 5 aromatic carbocycles. The Balaban J connectivity index is 1.20. The molecule has 0 aliphatic carbocycles. The van der Waals surface area contributed by atoms with E-state index in [0.717, 1.165) is 23.5 Å². The van der Waals surface area contributed by atoms with E-state index in [1.54, 1.807) is 48.5 Å². The molecular formula is C37H34N2O4. The maximum atomic E-state index is 13.1. The molecule has 1 atom stereocenters. The second-order valence-corrected chi connectivity index (χ2v) is 10.2. The summed E-state index contributed by atoms with van der Waals surface area (Å²) in [5, 5.41) is 13.1.